The fraction of sp³-hybridized carbons (Fsp3) is 0.250. The zero-order valence-corrected chi connectivity index (χ0v) is 17.3. The normalized spacial score (nSPS) is 11.7. The van der Waals surface area contributed by atoms with Crippen LogP contribution in [0.25, 0.3) is 11.4 Å². The van der Waals surface area contributed by atoms with Crippen LogP contribution in [0.15, 0.2) is 57.5 Å². The van der Waals surface area contributed by atoms with Crippen LogP contribution in [0.5, 0.6) is 11.5 Å². The zero-order chi connectivity index (χ0) is 20.1. The molecule has 146 valence electrons. The van der Waals surface area contributed by atoms with Crippen molar-refractivity contribution in [3.63, 3.8) is 0 Å². The number of amides is 1. The molecule has 7 nitrogen and oxygen atoms in total. The lowest BCUT2D eigenvalue weighted by Crippen LogP contribution is -2.37. The summed E-state index contributed by atoms with van der Waals surface area (Å²) in [5, 5.41) is 3.97. The average Bonchev–Trinajstić information content (AvgIpc) is 3.17. The van der Waals surface area contributed by atoms with Crippen LogP contribution in [0.4, 0.5) is 0 Å². The largest absolute Gasteiger partial charge is 0.497 e. The van der Waals surface area contributed by atoms with Gasteiger partial charge < -0.3 is 18.9 Å². The second-order valence-corrected chi connectivity index (χ2v) is 7.06. The first-order valence-corrected chi connectivity index (χ1v) is 9.40. The molecule has 1 heterocycles. The third-order valence-electron chi connectivity index (χ3n) is 4.04. The van der Waals surface area contributed by atoms with Crippen LogP contribution in [-0.4, -0.2) is 41.2 Å². The minimum Gasteiger partial charge on any atom is -0.497 e. The van der Waals surface area contributed by atoms with Gasteiger partial charge in [0.1, 0.15) is 11.5 Å². The number of ether oxygens (including phenoxy) is 2. The second kappa shape index (κ2) is 8.88. The molecule has 0 aliphatic heterocycles. The van der Waals surface area contributed by atoms with E-state index in [9.17, 15) is 4.79 Å². The molecular weight excluding hydrogens is 426 g/mol. The summed E-state index contributed by atoms with van der Waals surface area (Å²) < 4.78 is 17.1. The van der Waals surface area contributed by atoms with Crippen LogP contribution in [-0.2, 0) is 11.3 Å². The third kappa shape index (κ3) is 4.89. The van der Waals surface area contributed by atoms with Gasteiger partial charge in [0.15, 0.2) is 6.10 Å². The Bertz CT molecular complexity index is 925. The molecule has 0 aliphatic rings. The van der Waals surface area contributed by atoms with Gasteiger partial charge in [-0.3, -0.25) is 4.79 Å². The van der Waals surface area contributed by atoms with Crippen LogP contribution >= 0.6 is 15.9 Å². The van der Waals surface area contributed by atoms with Crippen molar-refractivity contribution in [1.82, 2.24) is 15.0 Å². The predicted molar refractivity (Wildman–Crippen MR) is 107 cm³/mol. The Balaban J connectivity index is 1.60. The lowest BCUT2D eigenvalue weighted by molar-refractivity contribution is -0.137. The van der Waals surface area contributed by atoms with Gasteiger partial charge in [0.2, 0.25) is 11.7 Å². The standard InChI is InChI=1S/C20H20BrN3O4/c1-13(27-17-10-6-15(21)7-11-17)20(25)24(2)12-18-22-19(23-28-18)14-4-8-16(26-3)9-5-14/h4-11,13H,12H2,1-3H3/t13-/m1/s1. The van der Waals surface area contributed by atoms with Crippen molar-refractivity contribution in [2.75, 3.05) is 14.2 Å². The van der Waals surface area contributed by atoms with Crippen LogP contribution < -0.4 is 9.47 Å². The highest BCUT2D eigenvalue weighted by atomic mass is 79.9. The molecule has 3 aromatic rings. The Hall–Kier alpha value is -2.87. The van der Waals surface area contributed by atoms with Crippen molar-refractivity contribution in [2.45, 2.75) is 19.6 Å². The smallest absolute Gasteiger partial charge is 0.263 e. The number of likely N-dealkylation sites (N-methyl/N-ethyl adjacent to an activating group) is 1. The summed E-state index contributed by atoms with van der Waals surface area (Å²) in [4.78, 5) is 18.4. The van der Waals surface area contributed by atoms with E-state index < -0.39 is 6.10 Å². The van der Waals surface area contributed by atoms with Gasteiger partial charge in [0, 0.05) is 17.1 Å². The van der Waals surface area contributed by atoms with Gasteiger partial charge in [-0.15, -0.1) is 0 Å². The Morgan fingerprint density at radius 1 is 1.14 bits per heavy atom. The van der Waals surface area contributed by atoms with Gasteiger partial charge >= 0.3 is 0 Å². The topological polar surface area (TPSA) is 77.7 Å². The highest BCUT2D eigenvalue weighted by Gasteiger charge is 2.21. The number of methoxy groups -OCH3 is 1. The second-order valence-electron chi connectivity index (χ2n) is 6.15. The van der Waals surface area contributed by atoms with Crippen LogP contribution in [0.1, 0.15) is 12.8 Å². The number of rotatable bonds is 7. The fourth-order valence-electron chi connectivity index (χ4n) is 2.54. The van der Waals surface area contributed by atoms with E-state index in [1.165, 1.54) is 4.90 Å². The molecular formula is C20H20BrN3O4. The Labute approximate surface area is 171 Å². The molecule has 0 radical (unpaired) electrons. The number of hydrogen-bond acceptors (Lipinski definition) is 6. The zero-order valence-electron chi connectivity index (χ0n) is 15.8. The molecule has 0 aliphatic carbocycles. The van der Waals surface area contributed by atoms with Crippen molar-refractivity contribution in [3.8, 4) is 22.9 Å². The molecule has 1 amide bonds. The van der Waals surface area contributed by atoms with Gasteiger partial charge in [-0.05, 0) is 55.5 Å². The van der Waals surface area contributed by atoms with E-state index in [0.717, 1.165) is 15.8 Å². The maximum atomic E-state index is 12.6. The number of hydrogen-bond donors (Lipinski definition) is 0. The number of nitrogens with zero attached hydrogens (tertiary/aromatic N) is 3. The molecule has 0 saturated heterocycles. The molecule has 0 bridgehead atoms. The summed E-state index contributed by atoms with van der Waals surface area (Å²) >= 11 is 3.37. The molecule has 0 unspecified atom stereocenters. The molecule has 3 rings (SSSR count). The molecule has 0 N–H and O–H groups in total. The summed E-state index contributed by atoms with van der Waals surface area (Å²) in [5.74, 6) is 1.98. The number of carbonyl (C=O) groups excluding carboxylic acids is 1. The molecule has 0 fully saturated rings. The predicted octanol–water partition coefficient (Wildman–Crippen LogP) is 3.93. The molecule has 0 spiro atoms. The van der Waals surface area contributed by atoms with Crippen LogP contribution in [0.2, 0.25) is 0 Å². The highest BCUT2D eigenvalue weighted by Crippen LogP contribution is 2.21. The number of benzene rings is 2. The Morgan fingerprint density at radius 2 is 1.79 bits per heavy atom. The van der Waals surface area contributed by atoms with E-state index >= 15 is 0 Å². The molecule has 1 atom stereocenters. The minimum atomic E-state index is -0.643. The quantitative estimate of drug-likeness (QED) is 0.548. The van der Waals surface area contributed by atoms with E-state index in [4.69, 9.17) is 14.0 Å². The lowest BCUT2D eigenvalue weighted by atomic mass is 10.2. The maximum Gasteiger partial charge on any atom is 0.263 e. The Morgan fingerprint density at radius 3 is 2.43 bits per heavy atom. The van der Waals surface area contributed by atoms with Crippen LogP contribution in [0, 0.1) is 0 Å². The minimum absolute atomic E-state index is 0.188. The maximum absolute atomic E-state index is 12.6. The SMILES string of the molecule is COc1ccc(-c2noc(CN(C)C(=O)[C@@H](C)Oc3ccc(Br)cc3)n2)cc1. The van der Waals surface area contributed by atoms with Crippen molar-refractivity contribution in [2.24, 2.45) is 0 Å². The van der Waals surface area contributed by atoms with Gasteiger partial charge in [-0.2, -0.15) is 4.98 Å². The van der Waals surface area contributed by atoms with E-state index in [0.29, 0.717) is 17.5 Å². The fourth-order valence-corrected chi connectivity index (χ4v) is 2.80. The summed E-state index contributed by atoms with van der Waals surface area (Å²) in [6, 6.07) is 14.6. The first-order valence-electron chi connectivity index (χ1n) is 8.60. The van der Waals surface area contributed by atoms with E-state index in [-0.39, 0.29) is 12.5 Å². The monoisotopic (exact) mass is 445 g/mol. The molecule has 1 aromatic heterocycles. The molecule has 28 heavy (non-hydrogen) atoms. The van der Waals surface area contributed by atoms with Crippen molar-refractivity contribution in [3.05, 3.63) is 58.9 Å². The number of halogens is 1. The van der Waals surface area contributed by atoms with E-state index in [1.807, 2.05) is 36.4 Å². The Kier molecular flexibility index (Phi) is 6.30. The summed E-state index contributed by atoms with van der Waals surface area (Å²) in [6.07, 6.45) is -0.643. The van der Waals surface area contributed by atoms with Gasteiger partial charge in [-0.25, -0.2) is 0 Å². The first-order chi connectivity index (χ1) is 13.5. The number of aromatic nitrogens is 2. The lowest BCUT2D eigenvalue weighted by Gasteiger charge is -2.20. The molecule has 2 aromatic carbocycles. The van der Waals surface area contributed by atoms with Crippen molar-refractivity contribution < 1.29 is 18.8 Å². The summed E-state index contributed by atoms with van der Waals surface area (Å²) in [5.41, 5.74) is 0.803. The number of carbonyl (C=O) groups is 1. The first kappa shape index (κ1) is 19.9. The summed E-state index contributed by atoms with van der Waals surface area (Å²) in [6.45, 7) is 1.90. The average molecular weight is 446 g/mol. The van der Waals surface area contributed by atoms with Crippen molar-refractivity contribution in [1.29, 1.82) is 0 Å². The van der Waals surface area contributed by atoms with Crippen molar-refractivity contribution >= 4 is 21.8 Å². The van der Waals surface area contributed by atoms with Gasteiger partial charge in [0.05, 0.1) is 13.7 Å². The van der Waals surface area contributed by atoms with Gasteiger partial charge in [-0.1, -0.05) is 21.1 Å². The molecule has 8 heteroatoms. The van der Waals surface area contributed by atoms with Gasteiger partial charge in [0.25, 0.3) is 5.91 Å². The molecule has 0 saturated carbocycles. The third-order valence-corrected chi connectivity index (χ3v) is 4.57. The van der Waals surface area contributed by atoms with E-state index in [1.54, 1.807) is 33.2 Å². The highest BCUT2D eigenvalue weighted by molar-refractivity contribution is 9.10. The van der Waals surface area contributed by atoms with E-state index in [2.05, 4.69) is 26.1 Å². The summed E-state index contributed by atoms with van der Waals surface area (Å²) in [7, 11) is 3.27. The van der Waals surface area contributed by atoms with Crippen LogP contribution in [0.3, 0.4) is 0 Å².